The van der Waals surface area contributed by atoms with Crippen molar-refractivity contribution in [3.8, 4) is 11.5 Å². The Morgan fingerprint density at radius 3 is 2.47 bits per heavy atom. The van der Waals surface area contributed by atoms with Gasteiger partial charge in [0.2, 0.25) is 0 Å². The van der Waals surface area contributed by atoms with Gasteiger partial charge in [0.05, 0.1) is 23.0 Å². The lowest BCUT2D eigenvalue weighted by atomic mass is 10.1. The van der Waals surface area contributed by atoms with Gasteiger partial charge in [0, 0.05) is 26.2 Å². The molecule has 1 aliphatic rings. The van der Waals surface area contributed by atoms with E-state index in [0.29, 0.717) is 41.2 Å². The summed E-state index contributed by atoms with van der Waals surface area (Å²) in [5.41, 5.74) is 1.36. The van der Waals surface area contributed by atoms with Crippen molar-refractivity contribution >= 4 is 28.5 Å². The Balaban J connectivity index is 1.45. The van der Waals surface area contributed by atoms with Gasteiger partial charge < -0.3 is 20.1 Å². The molecule has 174 valence electrons. The number of piperazine rings is 1. The van der Waals surface area contributed by atoms with Crippen LogP contribution in [0.3, 0.4) is 0 Å². The van der Waals surface area contributed by atoms with E-state index in [0.717, 1.165) is 25.2 Å². The minimum absolute atomic E-state index is 0.107. The molecular formula is C23H21F2N7O2. The average Bonchev–Trinajstić information content (AvgIpc) is 3.45. The van der Waals surface area contributed by atoms with Crippen molar-refractivity contribution < 1.29 is 18.4 Å². The summed E-state index contributed by atoms with van der Waals surface area (Å²) in [6.45, 7) is 2.86. The fourth-order valence-corrected chi connectivity index (χ4v) is 3.96. The molecular weight excluding hydrogens is 444 g/mol. The first-order valence-corrected chi connectivity index (χ1v) is 10.7. The number of imidazole rings is 1. The second-order valence-electron chi connectivity index (χ2n) is 8.09. The number of amides is 2. The first-order chi connectivity index (χ1) is 16.4. The van der Waals surface area contributed by atoms with Crippen molar-refractivity contribution in [2.75, 3.05) is 38.5 Å². The maximum absolute atomic E-state index is 14.0. The maximum atomic E-state index is 14.0. The highest BCUT2D eigenvalue weighted by Gasteiger charge is 2.24. The largest absolute Gasteiger partial charge is 0.337 e. The van der Waals surface area contributed by atoms with Gasteiger partial charge in [-0.2, -0.15) is 5.10 Å². The number of para-hydroxylation sites is 1. The van der Waals surface area contributed by atoms with Crippen LogP contribution in [0.2, 0.25) is 0 Å². The molecule has 34 heavy (non-hydrogen) atoms. The molecule has 2 amide bonds. The van der Waals surface area contributed by atoms with Crippen LogP contribution in [0.15, 0.2) is 42.6 Å². The van der Waals surface area contributed by atoms with Crippen LogP contribution in [-0.2, 0) is 0 Å². The summed E-state index contributed by atoms with van der Waals surface area (Å²) in [5, 5.41) is 9.14. The minimum Gasteiger partial charge on any atom is -0.337 e. The molecule has 2 aromatic heterocycles. The molecule has 4 aromatic rings. The predicted molar refractivity (Wildman–Crippen MR) is 121 cm³/mol. The number of halogens is 2. The third kappa shape index (κ3) is 3.90. The lowest BCUT2D eigenvalue weighted by Gasteiger charge is -2.32. The number of H-pyrrole nitrogens is 2. The minimum atomic E-state index is -0.974. The van der Waals surface area contributed by atoms with E-state index in [1.165, 1.54) is 12.3 Å². The number of aromatic nitrogens is 4. The van der Waals surface area contributed by atoms with Crippen LogP contribution >= 0.6 is 0 Å². The molecule has 0 bridgehead atoms. The molecule has 5 rings (SSSR count). The van der Waals surface area contributed by atoms with Crippen LogP contribution in [0.1, 0.15) is 20.7 Å². The van der Waals surface area contributed by atoms with Crippen molar-refractivity contribution in [3.05, 3.63) is 65.4 Å². The number of fused-ring (bicyclic) bond motifs is 1. The molecule has 9 nitrogen and oxygen atoms in total. The number of carbonyl (C=O) groups excluding carboxylic acids is 2. The monoisotopic (exact) mass is 465 g/mol. The van der Waals surface area contributed by atoms with Gasteiger partial charge in [0.15, 0.2) is 5.82 Å². The van der Waals surface area contributed by atoms with Crippen molar-refractivity contribution in [1.82, 2.24) is 30.0 Å². The van der Waals surface area contributed by atoms with Gasteiger partial charge in [-0.05, 0) is 31.3 Å². The van der Waals surface area contributed by atoms with Crippen LogP contribution in [0.4, 0.5) is 14.5 Å². The SMILES string of the molecule is CN1CCN(C(=O)c2cccc3[nH]c(-c4[nH]ncc4NC(=O)c4c(F)cccc4F)nc23)CC1. The second-order valence-corrected chi connectivity index (χ2v) is 8.09. The van der Waals surface area contributed by atoms with Crippen LogP contribution in [0, 0.1) is 11.6 Å². The number of hydrogen-bond acceptors (Lipinski definition) is 5. The standard InChI is InChI=1S/C23H21F2N7O2/c1-31-8-10-32(11-9-31)23(34)13-4-2-7-16-19(13)29-21(27-16)20-17(12-26-30-20)28-22(33)18-14(24)5-3-6-15(18)25/h2-7,12H,8-11H2,1H3,(H,26,30)(H,27,29)(H,28,33). The summed E-state index contributed by atoms with van der Waals surface area (Å²) in [6, 6.07) is 8.48. The third-order valence-electron chi connectivity index (χ3n) is 5.85. The van der Waals surface area contributed by atoms with E-state index in [9.17, 15) is 18.4 Å². The van der Waals surface area contributed by atoms with Gasteiger partial charge in [-0.1, -0.05) is 12.1 Å². The number of benzene rings is 2. The Hall–Kier alpha value is -4.12. The molecule has 0 aliphatic carbocycles. The molecule has 1 saturated heterocycles. The number of rotatable bonds is 4. The molecule has 0 spiro atoms. The number of carbonyl (C=O) groups is 2. The molecule has 0 saturated carbocycles. The fraction of sp³-hybridized carbons (Fsp3) is 0.217. The average molecular weight is 465 g/mol. The van der Waals surface area contributed by atoms with Crippen LogP contribution < -0.4 is 5.32 Å². The van der Waals surface area contributed by atoms with Crippen LogP contribution in [-0.4, -0.2) is 75.0 Å². The van der Waals surface area contributed by atoms with E-state index in [1.807, 2.05) is 7.05 Å². The molecule has 1 fully saturated rings. The highest BCUT2D eigenvalue weighted by molar-refractivity contribution is 6.07. The number of anilines is 1. The summed E-state index contributed by atoms with van der Waals surface area (Å²) < 4.78 is 28.0. The summed E-state index contributed by atoms with van der Waals surface area (Å²) in [5.74, 6) is -2.70. The number of aromatic amines is 2. The lowest BCUT2D eigenvalue weighted by molar-refractivity contribution is 0.0665. The number of nitrogens with one attached hydrogen (secondary N) is 3. The zero-order valence-electron chi connectivity index (χ0n) is 18.2. The highest BCUT2D eigenvalue weighted by atomic mass is 19.1. The van der Waals surface area contributed by atoms with E-state index in [4.69, 9.17) is 0 Å². The lowest BCUT2D eigenvalue weighted by Crippen LogP contribution is -2.47. The zero-order chi connectivity index (χ0) is 23.8. The fourth-order valence-electron chi connectivity index (χ4n) is 3.96. The molecule has 0 radical (unpaired) electrons. The number of hydrogen-bond donors (Lipinski definition) is 3. The zero-order valence-corrected chi connectivity index (χ0v) is 18.2. The predicted octanol–water partition coefficient (Wildman–Crippen LogP) is 2.87. The van der Waals surface area contributed by atoms with Gasteiger partial charge in [-0.25, -0.2) is 13.8 Å². The van der Waals surface area contributed by atoms with Gasteiger partial charge >= 0.3 is 0 Å². The Morgan fingerprint density at radius 1 is 1.03 bits per heavy atom. The van der Waals surface area contributed by atoms with Crippen molar-refractivity contribution in [2.45, 2.75) is 0 Å². The summed E-state index contributed by atoms with van der Waals surface area (Å²) in [7, 11) is 2.02. The first-order valence-electron chi connectivity index (χ1n) is 10.7. The van der Waals surface area contributed by atoms with E-state index in [2.05, 4.69) is 30.4 Å². The molecule has 11 heteroatoms. The van der Waals surface area contributed by atoms with E-state index in [1.54, 1.807) is 23.1 Å². The van der Waals surface area contributed by atoms with Gasteiger partial charge in [0.1, 0.15) is 28.4 Å². The third-order valence-corrected chi connectivity index (χ3v) is 5.85. The van der Waals surface area contributed by atoms with Crippen molar-refractivity contribution in [1.29, 1.82) is 0 Å². The Labute approximate surface area is 192 Å². The Bertz CT molecular complexity index is 1370. The second kappa shape index (κ2) is 8.67. The van der Waals surface area contributed by atoms with Crippen LogP contribution in [0.5, 0.6) is 0 Å². The van der Waals surface area contributed by atoms with E-state index >= 15 is 0 Å². The van der Waals surface area contributed by atoms with E-state index < -0.39 is 23.1 Å². The summed E-state index contributed by atoms with van der Waals surface area (Å²) in [4.78, 5) is 37.3. The maximum Gasteiger partial charge on any atom is 0.261 e. The first kappa shape index (κ1) is 21.7. The topological polar surface area (TPSA) is 110 Å². The highest BCUT2D eigenvalue weighted by Crippen LogP contribution is 2.28. The van der Waals surface area contributed by atoms with Gasteiger partial charge in [0.25, 0.3) is 11.8 Å². The molecule has 3 heterocycles. The number of likely N-dealkylation sites (N-methyl/N-ethyl adjacent to an activating group) is 1. The van der Waals surface area contributed by atoms with Gasteiger partial charge in [-0.15, -0.1) is 0 Å². The molecule has 1 aliphatic heterocycles. The van der Waals surface area contributed by atoms with Crippen LogP contribution in [0.25, 0.3) is 22.6 Å². The quantitative estimate of drug-likeness (QED) is 0.429. The van der Waals surface area contributed by atoms with E-state index in [-0.39, 0.29) is 11.6 Å². The molecule has 0 atom stereocenters. The number of nitrogens with zero attached hydrogens (tertiary/aromatic N) is 4. The van der Waals surface area contributed by atoms with Gasteiger partial charge in [-0.3, -0.25) is 14.7 Å². The molecule has 3 N–H and O–H groups in total. The normalized spacial score (nSPS) is 14.5. The molecule has 0 unspecified atom stereocenters. The summed E-state index contributed by atoms with van der Waals surface area (Å²) >= 11 is 0. The summed E-state index contributed by atoms with van der Waals surface area (Å²) in [6.07, 6.45) is 1.31. The Kier molecular flexibility index (Phi) is 5.54. The van der Waals surface area contributed by atoms with Crippen molar-refractivity contribution in [2.24, 2.45) is 0 Å². The smallest absolute Gasteiger partial charge is 0.261 e. The van der Waals surface area contributed by atoms with Crippen molar-refractivity contribution in [3.63, 3.8) is 0 Å². The Morgan fingerprint density at radius 2 is 1.74 bits per heavy atom. The molecule has 2 aromatic carbocycles.